The molecule has 4 rings (SSSR count). The molecule has 3 heterocycles. The van der Waals surface area contributed by atoms with Crippen molar-refractivity contribution in [1.29, 1.82) is 0 Å². The van der Waals surface area contributed by atoms with Crippen LogP contribution in [0, 0.1) is 23.7 Å². The topological polar surface area (TPSA) is 195 Å². The number of amides is 1. The van der Waals surface area contributed by atoms with Gasteiger partial charge in [-0.15, -0.1) is 0 Å². The molecule has 0 unspecified atom stereocenters. The van der Waals surface area contributed by atoms with E-state index >= 15 is 0 Å². The molecule has 13 atom stereocenters. The molecule has 1 saturated carbocycles. The smallest absolute Gasteiger partial charge is 0.329 e. The number of allylic oxidation sites excluding steroid dienone is 6. The Morgan fingerprint density at radius 1 is 0.873 bits per heavy atom. The maximum atomic E-state index is 14.3. The molecule has 0 aromatic carbocycles. The van der Waals surface area contributed by atoms with Crippen LogP contribution in [0.15, 0.2) is 47.6 Å². The van der Waals surface area contributed by atoms with Crippen LogP contribution in [0.1, 0.15) is 125 Å². The van der Waals surface area contributed by atoms with Crippen LogP contribution in [0.4, 0.5) is 0 Å². The summed E-state index contributed by atoms with van der Waals surface area (Å²) in [5.41, 5.74) is 1.27. The number of Topliss-reactive ketones (excluding diaryl/α,β-unsaturated/α-hetero) is 3. The van der Waals surface area contributed by atoms with E-state index in [-0.39, 0.29) is 55.3 Å². The molecular weight excluding hydrogens is 811 g/mol. The SMILES string of the molecule is CO[C@H]1C[C@@H]2CC[C@@H](C)[C@@](O)(O2)C(=O)C(=O)N2CCCC[C@H]2C(=O)O[C@H]([C@H](C)C[C@@H]2CC[C@@H](O)[C@H](OC)C2)CC(=O)C/C=C(\C)[C@@H](O)[C@@H](OC)C(=O)[C@H](C)CC/C=C/C=CC=C1C. The second-order valence-electron chi connectivity index (χ2n) is 18.5. The van der Waals surface area contributed by atoms with Gasteiger partial charge in [-0.25, -0.2) is 4.79 Å². The third-order valence-electron chi connectivity index (χ3n) is 13.9. The Balaban J connectivity index is 1.66. The van der Waals surface area contributed by atoms with E-state index in [4.69, 9.17) is 23.7 Å². The minimum atomic E-state index is -2.42. The summed E-state index contributed by atoms with van der Waals surface area (Å²) in [6, 6.07) is -1.13. The fourth-order valence-corrected chi connectivity index (χ4v) is 9.51. The standard InChI is InChI=1S/C49H75NO13/c1-30-16-12-10-9-11-13-17-31(2)43(53)45(61-8)44(54)32(3)19-22-36(51)28-41(33(4)26-35-21-24-39(52)42(27-35)60-7)62-48(57)38-18-14-15-25-50(38)47(56)46(55)49(58)34(5)20-23-37(63-49)29-40(30)59-6/h9-12,16,19,31,33-35,37-42,44-45,52,54,58H,13-15,17-18,20-29H2,1-8H3/b11-9+,12-10?,30-16?,32-19+/t31-,33-,34-,35+,37+,38+,39-,40+,41+,42-,44-,45+,49-/m1/s1. The van der Waals surface area contributed by atoms with E-state index in [0.717, 1.165) is 12.0 Å². The number of nitrogens with zero attached hydrogens (tertiary/aromatic N) is 1. The predicted molar refractivity (Wildman–Crippen MR) is 236 cm³/mol. The van der Waals surface area contributed by atoms with Crippen molar-refractivity contribution in [1.82, 2.24) is 4.90 Å². The highest BCUT2D eigenvalue weighted by Gasteiger charge is 2.53. The Morgan fingerprint density at radius 2 is 1.62 bits per heavy atom. The lowest BCUT2D eigenvalue weighted by Crippen LogP contribution is -2.61. The molecule has 3 N–H and O–H groups in total. The van der Waals surface area contributed by atoms with E-state index < -0.39 is 77.9 Å². The van der Waals surface area contributed by atoms with Crippen molar-refractivity contribution in [2.75, 3.05) is 27.9 Å². The van der Waals surface area contributed by atoms with Gasteiger partial charge >= 0.3 is 5.97 Å². The van der Waals surface area contributed by atoms with Gasteiger partial charge in [-0.05, 0) is 107 Å². The zero-order valence-electron chi connectivity index (χ0n) is 38.9. The van der Waals surface area contributed by atoms with Gasteiger partial charge < -0.3 is 43.9 Å². The zero-order valence-corrected chi connectivity index (χ0v) is 38.9. The second-order valence-corrected chi connectivity index (χ2v) is 18.5. The second kappa shape index (κ2) is 24.8. The minimum absolute atomic E-state index is 0.0920. The number of hydrogen-bond donors (Lipinski definition) is 3. The van der Waals surface area contributed by atoms with Crippen molar-refractivity contribution in [2.45, 2.75) is 179 Å². The fourth-order valence-electron chi connectivity index (χ4n) is 9.51. The average molecular weight is 886 g/mol. The van der Waals surface area contributed by atoms with Crippen LogP contribution >= 0.6 is 0 Å². The number of piperidine rings is 1. The van der Waals surface area contributed by atoms with Crippen LogP contribution in [0.2, 0.25) is 0 Å². The molecule has 0 aromatic rings. The van der Waals surface area contributed by atoms with Gasteiger partial charge in [0.1, 0.15) is 30.1 Å². The van der Waals surface area contributed by atoms with Crippen LogP contribution in [-0.2, 0) is 47.7 Å². The predicted octanol–water partition coefficient (Wildman–Crippen LogP) is 5.69. The van der Waals surface area contributed by atoms with Crippen molar-refractivity contribution in [3.63, 3.8) is 0 Å². The number of methoxy groups -OCH3 is 3. The summed E-state index contributed by atoms with van der Waals surface area (Å²) in [7, 11) is 4.51. The largest absolute Gasteiger partial charge is 0.460 e. The van der Waals surface area contributed by atoms with Gasteiger partial charge in [0.05, 0.1) is 24.4 Å². The van der Waals surface area contributed by atoms with E-state index in [1.807, 2.05) is 44.2 Å². The summed E-state index contributed by atoms with van der Waals surface area (Å²) in [4.78, 5) is 70.9. The van der Waals surface area contributed by atoms with E-state index in [9.17, 15) is 39.3 Å². The number of carbonyl (C=O) groups is 5. The summed E-state index contributed by atoms with van der Waals surface area (Å²) >= 11 is 0. The molecule has 0 aromatic heterocycles. The number of fused-ring (bicyclic) bond motifs is 3. The van der Waals surface area contributed by atoms with Crippen molar-refractivity contribution in [2.24, 2.45) is 23.7 Å². The van der Waals surface area contributed by atoms with Gasteiger partial charge in [0.25, 0.3) is 11.7 Å². The van der Waals surface area contributed by atoms with E-state index in [0.29, 0.717) is 69.8 Å². The Labute approximate surface area is 374 Å². The Kier molecular flexibility index (Phi) is 20.6. The summed E-state index contributed by atoms with van der Waals surface area (Å²) in [5.74, 6) is -7.16. The molecule has 0 radical (unpaired) electrons. The van der Waals surface area contributed by atoms with Crippen molar-refractivity contribution >= 4 is 29.2 Å². The molecule has 63 heavy (non-hydrogen) atoms. The molecule has 4 aliphatic rings. The number of ether oxygens (including phenoxy) is 5. The lowest BCUT2D eigenvalue weighted by atomic mass is 9.78. The highest BCUT2D eigenvalue weighted by Crippen LogP contribution is 2.37. The molecule has 0 spiro atoms. The Morgan fingerprint density at radius 3 is 2.32 bits per heavy atom. The molecule has 2 bridgehead atoms. The van der Waals surface area contributed by atoms with Gasteiger partial charge in [0.2, 0.25) is 5.79 Å². The molecule has 14 heteroatoms. The monoisotopic (exact) mass is 886 g/mol. The summed E-state index contributed by atoms with van der Waals surface area (Å²) in [6.45, 7) is 9.02. The average Bonchev–Trinajstić information content (AvgIpc) is 3.27. The normalized spacial score (nSPS) is 37.6. The number of aliphatic hydroxyl groups is 3. The number of aliphatic hydroxyl groups excluding tert-OH is 2. The molecule has 2 saturated heterocycles. The van der Waals surface area contributed by atoms with Crippen molar-refractivity contribution in [3.05, 3.63) is 47.6 Å². The van der Waals surface area contributed by atoms with Crippen LogP contribution in [-0.4, -0.2) is 132 Å². The number of carbonyl (C=O) groups excluding carboxylic acids is 5. The van der Waals surface area contributed by atoms with Gasteiger partial charge in [0.15, 0.2) is 5.78 Å². The first-order chi connectivity index (χ1) is 29.9. The molecule has 3 fully saturated rings. The first-order valence-electron chi connectivity index (χ1n) is 23.1. The summed E-state index contributed by atoms with van der Waals surface area (Å²) in [5, 5.41) is 33.6. The number of rotatable bonds is 6. The quantitative estimate of drug-likeness (QED) is 0.168. The lowest BCUT2D eigenvalue weighted by Gasteiger charge is -2.42. The highest BCUT2D eigenvalue weighted by atomic mass is 16.6. The van der Waals surface area contributed by atoms with Crippen LogP contribution < -0.4 is 0 Å². The van der Waals surface area contributed by atoms with Gasteiger partial charge in [-0.1, -0.05) is 57.2 Å². The summed E-state index contributed by atoms with van der Waals surface area (Å²) in [6.07, 6.45) is 11.7. The maximum Gasteiger partial charge on any atom is 0.329 e. The lowest BCUT2D eigenvalue weighted by molar-refractivity contribution is -0.265. The molecule has 354 valence electrons. The molecule has 3 aliphatic heterocycles. The van der Waals surface area contributed by atoms with Crippen molar-refractivity contribution < 1.29 is 63.0 Å². The first kappa shape index (κ1) is 52.3. The van der Waals surface area contributed by atoms with Crippen molar-refractivity contribution in [3.8, 4) is 0 Å². The fraction of sp³-hybridized carbons (Fsp3) is 0.735. The van der Waals surface area contributed by atoms with Gasteiger partial charge in [-0.2, -0.15) is 0 Å². The highest BCUT2D eigenvalue weighted by molar-refractivity contribution is 6.39. The zero-order chi connectivity index (χ0) is 46.4. The van der Waals surface area contributed by atoms with Crippen LogP contribution in [0.5, 0.6) is 0 Å². The number of hydrogen-bond acceptors (Lipinski definition) is 13. The van der Waals surface area contributed by atoms with Gasteiger partial charge in [0, 0.05) is 59.0 Å². The van der Waals surface area contributed by atoms with E-state index in [1.54, 1.807) is 41.1 Å². The first-order valence-corrected chi connectivity index (χ1v) is 23.1. The molecule has 1 aliphatic carbocycles. The molecule has 14 nitrogen and oxygen atoms in total. The van der Waals surface area contributed by atoms with Crippen LogP contribution in [0.25, 0.3) is 0 Å². The third-order valence-corrected chi connectivity index (χ3v) is 13.9. The number of esters is 1. The van der Waals surface area contributed by atoms with E-state index in [1.165, 1.54) is 12.0 Å². The minimum Gasteiger partial charge on any atom is -0.460 e. The third kappa shape index (κ3) is 14.1. The molecular formula is C49H75NO13. The van der Waals surface area contributed by atoms with Crippen LogP contribution in [0.3, 0.4) is 0 Å². The Bertz CT molecular complexity index is 1690. The van der Waals surface area contributed by atoms with E-state index in [2.05, 4.69) is 0 Å². The summed E-state index contributed by atoms with van der Waals surface area (Å²) < 4.78 is 29.2. The van der Waals surface area contributed by atoms with Gasteiger partial charge in [-0.3, -0.25) is 19.2 Å². The number of cyclic esters (lactones) is 1. The Hall–Kier alpha value is -3.37. The number of ketones is 3. The molecule has 1 amide bonds. The maximum absolute atomic E-state index is 14.3.